The molecule has 0 bridgehead atoms. The molecule has 0 aliphatic carbocycles. The highest BCUT2D eigenvalue weighted by atomic mass is 16.4. The van der Waals surface area contributed by atoms with Crippen LogP contribution in [0.3, 0.4) is 0 Å². The Morgan fingerprint density at radius 2 is 1.67 bits per heavy atom. The first-order valence-electron chi connectivity index (χ1n) is 7.80. The third-order valence-corrected chi connectivity index (χ3v) is 3.11. The number of carboxylic acid groups (broad SMARTS) is 1. The van der Waals surface area contributed by atoms with E-state index in [4.69, 9.17) is 5.11 Å². The minimum Gasteiger partial charge on any atom is -0.480 e. The van der Waals surface area contributed by atoms with Crippen molar-refractivity contribution >= 4 is 17.8 Å². The van der Waals surface area contributed by atoms with Gasteiger partial charge >= 0.3 is 5.97 Å². The summed E-state index contributed by atoms with van der Waals surface area (Å²) < 4.78 is 0. The smallest absolute Gasteiger partial charge is 0.326 e. The summed E-state index contributed by atoms with van der Waals surface area (Å²) in [6.07, 6.45) is 5.21. The molecule has 0 aromatic heterocycles. The number of carbonyl (C=O) groups is 3. The average Bonchev–Trinajstić information content (AvgIpc) is 2.43. The third kappa shape index (κ3) is 10.8. The van der Waals surface area contributed by atoms with Crippen LogP contribution in [0.1, 0.15) is 65.2 Å². The van der Waals surface area contributed by atoms with Crippen molar-refractivity contribution in [3.05, 3.63) is 0 Å². The lowest BCUT2D eigenvalue weighted by atomic mass is 10.1. The van der Waals surface area contributed by atoms with Crippen molar-refractivity contribution in [3.63, 3.8) is 0 Å². The second-order valence-corrected chi connectivity index (χ2v) is 5.16. The van der Waals surface area contributed by atoms with Crippen LogP contribution >= 0.6 is 0 Å². The van der Waals surface area contributed by atoms with Gasteiger partial charge in [0.2, 0.25) is 11.8 Å². The highest BCUT2D eigenvalue weighted by Gasteiger charge is 2.18. The number of hydrogen-bond donors (Lipinski definition) is 3. The molecule has 21 heavy (non-hydrogen) atoms. The fraction of sp³-hybridized carbons (Fsp3) is 0.800. The quantitative estimate of drug-likeness (QED) is 0.479. The Morgan fingerprint density at radius 3 is 2.24 bits per heavy atom. The predicted molar refractivity (Wildman–Crippen MR) is 80.9 cm³/mol. The van der Waals surface area contributed by atoms with Crippen molar-refractivity contribution in [1.82, 2.24) is 10.6 Å². The van der Waals surface area contributed by atoms with Gasteiger partial charge in [-0.1, -0.05) is 20.3 Å². The molecular formula is C15H28N2O4. The van der Waals surface area contributed by atoms with Crippen molar-refractivity contribution in [2.75, 3.05) is 6.54 Å². The molecule has 0 aromatic carbocycles. The topological polar surface area (TPSA) is 95.5 Å². The van der Waals surface area contributed by atoms with Gasteiger partial charge in [0.05, 0.1) is 0 Å². The Kier molecular flexibility index (Phi) is 11.3. The molecule has 0 aliphatic heterocycles. The van der Waals surface area contributed by atoms with E-state index in [1.165, 1.54) is 0 Å². The van der Waals surface area contributed by atoms with E-state index in [0.29, 0.717) is 45.1 Å². The minimum atomic E-state index is -1.01. The van der Waals surface area contributed by atoms with Gasteiger partial charge in [0, 0.05) is 19.4 Å². The van der Waals surface area contributed by atoms with Gasteiger partial charge in [-0.05, 0) is 32.1 Å². The lowest BCUT2D eigenvalue weighted by Crippen LogP contribution is -2.40. The molecule has 3 N–H and O–H groups in total. The summed E-state index contributed by atoms with van der Waals surface area (Å²) in [6, 6.07) is -0.833. The molecule has 0 saturated heterocycles. The number of nitrogens with one attached hydrogen (secondary N) is 2. The summed E-state index contributed by atoms with van der Waals surface area (Å²) in [5.74, 6) is -1.19. The van der Waals surface area contributed by atoms with Crippen LogP contribution in [-0.4, -0.2) is 35.5 Å². The summed E-state index contributed by atoms with van der Waals surface area (Å²) in [7, 11) is 0. The molecule has 1 atom stereocenters. The predicted octanol–water partition coefficient (Wildman–Crippen LogP) is 1.83. The summed E-state index contributed by atoms with van der Waals surface area (Å²) in [5.41, 5.74) is 0. The number of carboxylic acids is 1. The zero-order chi connectivity index (χ0) is 16.1. The summed E-state index contributed by atoms with van der Waals surface area (Å²) in [5, 5.41) is 14.4. The number of unbranched alkanes of at least 4 members (excludes halogenated alkanes) is 2. The second-order valence-electron chi connectivity index (χ2n) is 5.16. The molecule has 6 heteroatoms. The molecule has 2 amide bonds. The zero-order valence-electron chi connectivity index (χ0n) is 13.1. The first kappa shape index (κ1) is 19.4. The number of rotatable bonds is 12. The molecule has 6 nitrogen and oxygen atoms in total. The molecule has 0 spiro atoms. The summed E-state index contributed by atoms with van der Waals surface area (Å²) in [4.78, 5) is 33.8. The number of aliphatic carboxylic acids is 1. The SMILES string of the molecule is CCCCC(=O)NCCCC[C@@H](NC(=O)CCC)C(=O)O. The van der Waals surface area contributed by atoms with Crippen LogP contribution < -0.4 is 10.6 Å². The van der Waals surface area contributed by atoms with Crippen LogP contribution in [-0.2, 0) is 14.4 Å². The van der Waals surface area contributed by atoms with E-state index in [0.717, 1.165) is 12.8 Å². The second kappa shape index (κ2) is 12.2. The van der Waals surface area contributed by atoms with E-state index in [9.17, 15) is 14.4 Å². The maximum Gasteiger partial charge on any atom is 0.326 e. The fourth-order valence-corrected chi connectivity index (χ4v) is 1.88. The molecule has 0 unspecified atom stereocenters. The average molecular weight is 300 g/mol. The van der Waals surface area contributed by atoms with Crippen LogP contribution in [0.15, 0.2) is 0 Å². The van der Waals surface area contributed by atoms with Gasteiger partial charge in [0.25, 0.3) is 0 Å². The Bertz CT molecular complexity index is 332. The largest absolute Gasteiger partial charge is 0.480 e. The Labute approximate surface area is 126 Å². The van der Waals surface area contributed by atoms with E-state index in [-0.39, 0.29) is 11.8 Å². The first-order valence-corrected chi connectivity index (χ1v) is 7.80. The van der Waals surface area contributed by atoms with Crippen LogP contribution in [0.4, 0.5) is 0 Å². The van der Waals surface area contributed by atoms with E-state index in [1.807, 2.05) is 13.8 Å². The van der Waals surface area contributed by atoms with Gasteiger partial charge in [-0.3, -0.25) is 9.59 Å². The van der Waals surface area contributed by atoms with Gasteiger partial charge in [-0.2, -0.15) is 0 Å². The van der Waals surface area contributed by atoms with Crippen molar-refractivity contribution in [1.29, 1.82) is 0 Å². The van der Waals surface area contributed by atoms with Crippen molar-refractivity contribution < 1.29 is 19.5 Å². The molecule has 0 heterocycles. The van der Waals surface area contributed by atoms with Crippen LogP contribution in [0.2, 0.25) is 0 Å². The Hall–Kier alpha value is -1.59. The van der Waals surface area contributed by atoms with Crippen LogP contribution in [0.25, 0.3) is 0 Å². The molecular weight excluding hydrogens is 272 g/mol. The maximum absolute atomic E-state index is 11.4. The molecule has 0 aliphatic rings. The van der Waals surface area contributed by atoms with Gasteiger partial charge in [-0.25, -0.2) is 4.79 Å². The number of carbonyl (C=O) groups excluding carboxylic acids is 2. The maximum atomic E-state index is 11.4. The van der Waals surface area contributed by atoms with Gasteiger partial charge < -0.3 is 15.7 Å². The van der Waals surface area contributed by atoms with Crippen LogP contribution in [0, 0.1) is 0 Å². The van der Waals surface area contributed by atoms with Crippen molar-refractivity contribution in [2.24, 2.45) is 0 Å². The normalized spacial score (nSPS) is 11.7. The molecule has 0 rings (SSSR count). The monoisotopic (exact) mass is 300 g/mol. The standard InChI is InChI=1S/C15H28N2O4/c1-3-5-10-13(18)16-11-7-6-9-12(15(20)21)17-14(19)8-4-2/h12H,3-11H2,1-2H3,(H,16,18)(H,17,19)(H,20,21)/t12-/m1/s1. The van der Waals surface area contributed by atoms with Crippen molar-refractivity contribution in [3.8, 4) is 0 Å². The highest BCUT2D eigenvalue weighted by molar-refractivity contribution is 5.83. The van der Waals surface area contributed by atoms with E-state index < -0.39 is 12.0 Å². The lowest BCUT2D eigenvalue weighted by Gasteiger charge is -2.14. The van der Waals surface area contributed by atoms with E-state index in [1.54, 1.807) is 0 Å². The lowest BCUT2D eigenvalue weighted by molar-refractivity contribution is -0.142. The summed E-state index contributed by atoms with van der Waals surface area (Å²) >= 11 is 0. The summed E-state index contributed by atoms with van der Waals surface area (Å²) in [6.45, 7) is 4.46. The molecule has 0 fully saturated rings. The first-order chi connectivity index (χ1) is 10.0. The Balaban J connectivity index is 3.81. The molecule has 0 saturated carbocycles. The van der Waals surface area contributed by atoms with Crippen LogP contribution in [0.5, 0.6) is 0 Å². The van der Waals surface area contributed by atoms with Gasteiger partial charge in [0.15, 0.2) is 0 Å². The van der Waals surface area contributed by atoms with Gasteiger partial charge in [-0.15, -0.1) is 0 Å². The van der Waals surface area contributed by atoms with Gasteiger partial charge in [0.1, 0.15) is 6.04 Å². The highest BCUT2D eigenvalue weighted by Crippen LogP contribution is 2.02. The third-order valence-electron chi connectivity index (χ3n) is 3.11. The molecule has 0 radical (unpaired) electrons. The molecule has 122 valence electrons. The zero-order valence-corrected chi connectivity index (χ0v) is 13.1. The fourth-order valence-electron chi connectivity index (χ4n) is 1.88. The number of hydrogen-bond acceptors (Lipinski definition) is 3. The molecule has 0 aromatic rings. The minimum absolute atomic E-state index is 0.0443. The van der Waals surface area contributed by atoms with E-state index in [2.05, 4.69) is 10.6 Å². The number of amides is 2. The Morgan fingerprint density at radius 1 is 0.952 bits per heavy atom. The van der Waals surface area contributed by atoms with E-state index >= 15 is 0 Å². The van der Waals surface area contributed by atoms with Crippen molar-refractivity contribution in [2.45, 2.75) is 71.3 Å².